The molecule has 2 rings (SSSR count). The molecule has 1 atom stereocenters. The predicted octanol–water partition coefficient (Wildman–Crippen LogP) is 4.02. The molecular formula is C19H25ClN2O3S. The van der Waals surface area contributed by atoms with E-state index in [1.54, 1.807) is 25.1 Å². The first-order valence-corrected chi connectivity index (χ1v) is 9.60. The van der Waals surface area contributed by atoms with Crippen molar-refractivity contribution in [1.82, 2.24) is 3.96 Å². The number of aromatic nitrogens is 1. The van der Waals surface area contributed by atoms with Gasteiger partial charge in [-0.25, -0.2) is 0 Å². The van der Waals surface area contributed by atoms with Gasteiger partial charge >= 0.3 is 0 Å². The number of methoxy groups -OCH3 is 1. The number of carbonyl (C=O) groups excluding carboxylic acids is 1. The van der Waals surface area contributed by atoms with Crippen LogP contribution in [0.4, 0.5) is 0 Å². The molecule has 0 bridgehead atoms. The van der Waals surface area contributed by atoms with Gasteiger partial charge in [0.15, 0.2) is 0 Å². The number of rotatable bonds is 5. The summed E-state index contributed by atoms with van der Waals surface area (Å²) in [4.78, 5) is 17.1. The van der Waals surface area contributed by atoms with E-state index in [-0.39, 0.29) is 5.54 Å². The summed E-state index contributed by atoms with van der Waals surface area (Å²) in [6, 6.07) is 4.89. The third kappa shape index (κ3) is 5.19. The van der Waals surface area contributed by atoms with Crippen LogP contribution >= 0.6 is 23.1 Å². The van der Waals surface area contributed by atoms with Crippen molar-refractivity contribution in [2.75, 3.05) is 7.11 Å². The van der Waals surface area contributed by atoms with E-state index in [0.717, 1.165) is 5.56 Å². The Morgan fingerprint density at radius 1 is 1.42 bits per heavy atom. The van der Waals surface area contributed by atoms with Gasteiger partial charge in [-0.2, -0.15) is 4.99 Å². The Balaban J connectivity index is 2.49. The van der Waals surface area contributed by atoms with Gasteiger partial charge in [0.2, 0.25) is 0 Å². The standard InChI is InChI=1S/C19H25ClN2O3S/c1-12(23)6-7-13-11-22(19(2,3)4)26-18(13)21-17(24)15-10-14(20)8-9-16(15)25-5/h8-12,23H,6-7H2,1-5H3. The summed E-state index contributed by atoms with van der Waals surface area (Å²) >= 11 is 7.45. The van der Waals surface area contributed by atoms with Gasteiger partial charge in [-0.05, 0) is 70.3 Å². The van der Waals surface area contributed by atoms with Crippen LogP contribution in [0.5, 0.6) is 5.75 Å². The molecule has 0 aliphatic carbocycles. The highest BCUT2D eigenvalue weighted by atomic mass is 35.5. The fourth-order valence-electron chi connectivity index (χ4n) is 2.33. The molecule has 1 amide bonds. The van der Waals surface area contributed by atoms with Crippen LogP contribution in [0, 0.1) is 0 Å². The number of aliphatic hydroxyl groups excluding tert-OH is 1. The number of amides is 1. The van der Waals surface area contributed by atoms with Gasteiger partial charge in [0.25, 0.3) is 5.91 Å². The average molecular weight is 397 g/mol. The minimum atomic E-state index is -0.408. The highest BCUT2D eigenvalue weighted by molar-refractivity contribution is 7.04. The summed E-state index contributed by atoms with van der Waals surface area (Å²) in [6.07, 6.45) is 2.86. The lowest BCUT2D eigenvalue weighted by molar-refractivity contribution is 0.0996. The van der Waals surface area contributed by atoms with Crippen LogP contribution in [0.25, 0.3) is 0 Å². The third-order valence-corrected chi connectivity index (χ3v) is 5.43. The van der Waals surface area contributed by atoms with E-state index in [1.165, 1.54) is 18.6 Å². The van der Waals surface area contributed by atoms with Gasteiger partial charge in [0, 0.05) is 22.3 Å². The van der Waals surface area contributed by atoms with Crippen molar-refractivity contribution in [2.45, 2.75) is 52.2 Å². The minimum Gasteiger partial charge on any atom is -0.496 e. The van der Waals surface area contributed by atoms with Crippen molar-refractivity contribution in [3.63, 3.8) is 0 Å². The maximum Gasteiger partial charge on any atom is 0.282 e. The van der Waals surface area contributed by atoms with Gasteiger partial charge in [-0.1, -0.05) is 11.6 Å². The Bertz CT molecular complexity index is 847. The SMILES string of the molecule is COc1ccc(Cl)cc1C(=O)N=c1sn(C(C)(C)C)cc1CCC(C)O. The molecule has 1 unspecified atom stereocenters. The topological polar surface area (TPSA) is 63.8 Å². The summed E-state index contributed by atoms with van der Waals surface area (Å²) < 4.78 is 7.97. The number of aryl methyl sites for hydroxylation is 1. The van der Waals surface area contributed by atoms with Crippen LogP contribution in [0.3, 0.4) is 0 Å². The van der Waals surface area contributed by atoms with E-state index in [2.05, 4.69) is 29.7 Å². The quantitative estimate of drug-likeness (QED) is 0.830. The summed E-state index contributed by atoms with van der Waals surface area (Å²) in [6.45, 7) is 8.03. The molecule has 26 heavy (non-hydrogen) atoms. The lowest BCUT2D eigenvalue weighted by Crippen LogP contribution is -2.18. The summed E-state index contributed by atoms with van der Waals surface area (Å²) in [5.74, 6) is 0.0412. The number of benzene rings is 1. The van der Waals surface area contributed by atoms with E-state index in [1.807, 2.05) is 6.20 Å². The zero-order valence-electron chi connectivity index (χ0n) is 15.7. The van der Waals surface area contributed by atoms with Gasteiger partial charge in [-0.15, -0.1) is 0 Å². The lowest BCUT2D eigenvalue weighted by Gasteiger charge is -2.19. The minimum absolute atomic E-state index is 0.116. The van der Waals surface area contributed by atoms with E-state index in [0.29, 0.717) is 33.8 Å². The van der Waals surface area contributed by atoms with Crippen LogP contribution < -0.4 is 9.41 Å². The Morgan fingerprint density at radius 2 is 2.12 bits per heavy atom. The number of halogens is 1. The summed E-state index contributed by atoms with van der Waals surface area (Å²) in [7, 11) is 1.51. The van der Waals surface area contributed by atoms with Crippen LogP contribution in [0.15, 0.2) is 29.4 Å². The molecule has 1 heterocycles. The Labute approximate surface area is 163 Å². The second-order valence-corrected chi connectivity index (χ2v) is 8.60. The Hall–Kier alpha value is -1.63. The molecule has 1 aromatic heterocycles. The second kappa shape index (κ2) is 8.37. The maximum absolute atomic E-state index is 12.7. The average Bonchev–Trinajstić information content (AvgIpc) is 2.96. The third-order valence-electron chi connectivity index (χ3n) is 3.82. The predicted molar refractivity (Wildman–Crippen MR) is 105 cm³/mol. The van der Waals surface area contributed by atoms with Crippen LogP contribution in [-0.2, 0) is 12.0 Å². The summed E-state index contributed by atoms with van der Waals surface area (Å²) in [5.41, 5.74) is 1.16. The lowest BCUT2D eigenvalue weighted by atomic mass is 10.1. The van der Waals surface area contributed by atoms with Crippen molar-refractivity contribution >= 4 is 29.0 Å². The van der Waals surface area contributed by atoms with E-state index in [9.17, 15) is 9.90 Å². The van der Waals surface area contributed by atoms with Crippen molar-refractivity contribution in [2.24, 2.45) is 4.99 Å². The number of carbonyl (C=O) groups is 1. The largest absolute Gasteiger partial charge is 0.496 e. The first-order chi connectivity index (χ1) is 12.1. The smallest absolute Gasteiger partial charge is 0.282 e. The maximum atomic E-state index is 12.7. The summed E-state index contributed by atoms with van der Waals surface area (Å²) in [5, 5.41) is 10.1. The first kappa shape index (κ1) is 20.7. The van der Waals surface area contributed by atoms with Crippen molar-refractivity contribution < 1.29 is 14.6 Å². The van der Waals surface area contributed by atoms with Crippen molar-refractivity contribution in [3.05, 3.63) is 45.2 Å². The Morgan fingerprint density at radius 3 is 2.69 bits per heavy atom. The highest BCUT2D eigenvalue weighted by Crippen LogP contribution is 2.24. The first-order valence-electron chi connectivity index (χ1n) is 8.45. The molecule has 5 nitrogen and oxygen atoms in total. The fraction of sp³-hybridized carbons (Fsp3) is 0.474. The van der Waals surface area contributed by atoms with Gasteiger partial charge in [0.05, 0.1) is 18.8 Å². The van der Waals surface area contributed by atoms with Crippen LogP contribution in [-0.4, -0.2) is 28.2 Å². The number of ether oxygens (including phenoxy) is 1. The molecule has 0 fully saturated rings. The number of nitrogens with zero attached hydrogens (tertiary/aromatic N) is 2. The molecule has 0 spiro atoms. The zero-order valence-corrected chi connectivity index (χ0v) is 17.3. The molecule has 0 saturated heterocycles. The van der Waals surface area contributed by atoms with E-state index >= 15 is 0 Å². The van der Waals surface area contributed by atoms with Crippen LogP contribution in [0.1, 0.15) is 50.0 Å². The molecular weight excluding hydrogens is 372 g/mol. The monoisotopic (exact) mass is 396 g/mol. The van der Waals surface area contributed by atoms with Gasteiger partial charge in [0.1, 0.15) is 10.4 Å². The van der Waals surface area contributed by atoms with Gasteiger partial charge in [-0.3, -0.25) is 8.75 Å². The molecule has 1 N–H and O–H groups in total. The molecule has 0 saturated carbocycles. The van der Waals surface area contributed by atoms with Crippen molar-refractivity contribution in [1.29, 1.82) is 0 Å². The number of hydrogen-bond donors (Lipinski definition) is 1. The number of aliphatic hydroxyl groups is 1. The normalized spacial score (nSPS) is 13.7. The van der Waals surface area contributed by atoms with Crippen molar-refractivity contribution in [3.8, 4) is 5.75 Å². The Kier molecular flexibility index (Phi) is 6.66. The molecule has 142 valence electrons. The molecule has 2 aromatic rings. The number of hydrogen-bond acceptors (Lipinski definition) is 4. The van der Waals surface area contributed by atoms with Gasteiger partial charge < -0.3 is 9.84 Å². The van der Waals surface area contributed by atoms with E-state index in [4.69, 9.17) is 16.3 Å². The zero-order chi connectivity index (χ0) is 19.5. The fourth-order valence-corrected chi connectivity index (χ4v) is 3.54. The van der Waals surface area contributed by atoms with E-state index < -0.39 is 12.0 Å². The molecule has 0 aliphatic rings. The molecule has 0 aliphatic heterocycles. The molecule has 1 aromatic carbocycles. The molecule has 7 heteroatoms. The second-order valence-electron chi connectivity index (χ2n) is 7.20. The highest BCUT2D eigenvalue weighted by Gasteiger charge is 2.18. The molecule has 0 radical (unpaired) electrons. The van der Waals surface area contributed by atoms with Crippen LogP contribution in [0.2, 0.25) is 5.02 Å².